The van der Waals surface area contributed by atoms with Crippen molar-refractivity contribution in [3.63, 3.8) is 0 Å². The molecule has 4 aromatic heterocycles. The fourth-order valence-electron chi connectivity index (χ4n) is 2.80. The van der Waals surface area contributed by atoms with Crippen LogP contribution in [0.5, 0.6) is 0 Å². The summed E-state index contributed by atoms with van der Waals surface area (Å²) in [5.74, 6) is 0.372. The van der Waals surface area contributed by atoms with E-state index in [0.29, 0.717) is 40.4 Å². The molecule has 0 aliphatic heterocycles. The smallest absolute Gasteiger partial charge is 0.259 e. The Balaban J connectivity index is 1.55. The van der Waals surface area contributed by atoms with E-state index in [-0.39, 0.29) is 5.91 Å². The number of hydrogen-bond acceptors (Lipinski definition) is 6. The maximum atomic E-state index is 12.7. The third kappa shape index (κ3) is 3.08. The predicted molar refractivity (Wildman–Crippen MR) is 93.4 cm³/mol. The first kappa shape index (κ1) is 16.1. The van der Waals surface area contributed by atoms with Crippen LogP contribution in [0.3, 0.4) is 0 Å². The number of imidazole rings is 1. The molecular formula is C18H17N5O3. The van der Waals surface area contributed by atoms with Gasteiger partial charge in [-0.15, -0.1) is 0 Å². The number of carbonyl (C=O) groups is 1. The molecule has 0 saturated carbocycles. The van der Waals surface area contributed by atoms with E-state index in [0.717, 1.165) is 13.0 Å². The molecule has 0 saturated heterocycles. The highest BCUT2D eigenvalue weighted by atomic mass is 16.5. The summed E-state index contributed by atoms with van der Waals surface area (Å²) in [7, 11) is 0. The van der Waals surface area contributed by atoms with Crippen LogP contribution < -0.4 is 5.32 Å². The molecule has 0 aliphatic rings. The van der Waals surface area contributed by atoms with E-state index in [4.69, 9.17) is 8.94 Å². The van der Waals surface area contributed by atoms with Gasteiger partial charge >= 0.3 is 0 Å². The SMILES string of the molecule is Cc1noc2nc(-c3ccco3)cc(C(=O)NCCCn3ccnc3)c12. The number of nitrogens with one attached hydrogen (secondary N) is 1. The number of hydrogen-bond donors (Lipinski definition) is 1. The highest BCUT2D eigenvalue weighted by molar-refractivity contribution is 6.06. The van der Waals surface area contributed by atoms with Gasteiger partial charge in [0.2, 0.25) is 0 Å². The largest absolute Gasteiger partial charge is 0.463 e. The molecule has 0 radical (unpaired) electrons. The minimum absolute atomic E-state index is 0.192. The van der Waals surface area contributed by atoms with Crippen molar-refractivity contribution in [2.45, 2.75) is 19.9 Å². The fraction of sp³-hybridized carbons (Fsp3) is 0.222. The van der Waals surface area contributed by atoms with Crippen molar-refractivity contribution in [2.24, 2.45) is 0 Å². The van der Waals surface area contributed by atoms with Gasteiger partial charge in [-0.1, -0.05) is 5.16 Å². The summed E-state index contributed by atoms with van der Waals surface area (Å²) in [4.78, 5) is 21.1. The Morgan fingerprint density at radius 3 is 3.08 bits per heavy atom. The van der Waals surface area contributed by atoms with Gasteiger partial charge in [0.25, 0.3) is 11.6 Å². The minimum Gasteiger partial charge on any atom is -0.463 e. The van der Waals surface area contributed by atoms with Crippen LogP contribution >= 0.6 is 0 Å². The van der Waals surface area contributed by atoms with Gasteiger partial charge in [0.15, 0.2) is 5.76 Å². The quantitative estimate of drug-likeness (QED) is 0.536. The van der Waals surface area contributed by atoms with Gasteiger partial charge in [0, 0.05) is 25.5 Å². The average Bonchev–Trinajstić information content (AvgIpc) is 3.40. The van der Waals surface area contributed by atoms with E-state index < -0.39 is 0 Å². The molecule has 4 aromatic rings. The molecule has 0 bridgehead atoms. The molecule has 0 aliphatic carbocycles. The molecule has 0 fully saturated rings. The molecule has 0 spiro atoms. The van der Waals surface area contributed by atoms with Crippen LogP contribution in [0.25, 0.3) is 22.6 Å². The number of fused-ring (bicyclic) bond motifs is 1. The number of aryl methyl sites for hydroxylation is 2. The molecule has 1 N–H and O–H groups in total. The molecule has 1 amide bonds. The summed E-state index contributed by atoms with van der Waals surface area (Å²) in [6.07, 6.45) is 7.73. The minimum atomic E-state index is -0.192. The third-order valence-electron chi connectivity index (χ3n) is 4.07. The van der Waals surface area contributed by atoms with Crippen molar-refractivity contribution < 1.29 is 13.7 Å². The highest BCUT2D eigenvalue weighted by Crippen LogP contribution is 2.27. The lowest BCUT2D eigenvalue weighted by atomic mass is 10.1. The molecule has 4 heterocycles. The van der Waals surface area contributed by atoms with E-state index in [2.05, 4.69) is 20.4 Å². The summed E-state index contributed by atoms with van der Waals surface area (Å²) < 4.78 is 12.6. The number of nitrogens with zero attached hydrogens (tertiary/aromatic N) is 4. The Labute approximate surface area is 148 Å². The second kappa shape index (κ2) is 6.83. The van der Waals surface area contributed by atoms with Gasteiger partial charge in [-0.2, -0.15) is 0 Å². The van der Waals surface area contributed by atoms with Crippen molar-refractivity contribution in [1.29, 1.82) is 0 Å². The van der Waals surface area contributed by atoms with Crippen LogP contribution in [0.2, 0.25) is 0 Å². The first-order valence-electron chi connectivity index (χ1n) is 8.27. The van der Waals surface area contributed by atoms with Gasteiger partial charge < -0.3 is 18.8 Å². The first-order chi connectivity index (χ1) is 12.7. The Morgan fingerprint density at radius 1 is 1.38 bits per heavy atom. The molecule has 0 aromatic carbocycles. The van der Waals surface area contributed by atoms with E-state index >= 15 is 0 Å². The van der Waals surface area contributed by atoms with Crippen LogP contribution in [0, 0.1) is 6.92 Å². The normalized spacial score (nSPS) is 11.1. The molecule has 8 heteroatoms. The molecule has 26 heavy (non-hydrogen) atoms. The Hall–Kier alpha value is -3.42. The summed E-state index contributed by atoms with van der Waals surface area (Å²) in [6, 6.07) is 5.25. The number of furan rings is 1. The second-order valence-corrected chi connectivity index (χ2v) is 5.89. The molecule has 4 rings (SSSR count). The Kier molecular flexibility index (Phi) is 4.22. The van der Waals surface area contributed by atoms with Crippen molar-refractivity contribution >= 4 is 17.0 Å². The van der Waals surface area contributed by atoms with Crippen molar-refractivity contribution in [2.75, 3.05) is 6.54 Å². The number of carbonyl (C=O) groups excluding carboxylic acids is 1. The van der Waals surface area contributed by atoms with Crippen LogP contribution in [0.15, 0.2) is 52.1 Å². The lowest BCUT2D eigenvalue weighted by molar-refractivity contribution is 0.0954. The van der Waals surface area contributed by atoms with Crippen molar-refractivity contribution in [1.82, 2.24) is 25.0 Å². The van der Waals surface area contributed by atoms with Crippen LogP contribution in [0.1, 0.15) is 22.5 Å². The third-order valence-corrected chi connectivity index (χ3v) is 4.07. The fourth-order valence-corrected chi connectivity index (χ4v) is 2.80. The maximum Gasteiger partial charge on any atom is 0.259 e. The zero-order chi connectivity index (χ0) is 17.9. The number of amides is 1. The zero-order valence-electron chi connectivity index (χ0n) is 14.2. The number of aromatic nitrogens is 4. The Morgan fingerprint density at radius 2 is 2.31 bits per heavy atom. The van der Waals surface area contributed by atoms with Gasteiger partial charge in [-0.05, 0) is 31.5 Å². The lowest BCUT2D eigenvalue weighted by Gasteiger charge is -2.08. The maximum absolute atomic E-state index is 12.7. The number of rotatable bonds is 6. The second-order valence-electron chi connectivity index (χ2n) is 5.89. The van der Waals surface area contributed by atoms with E-state index in [9.17, 15) is 4.79 Å². The van der Waals surface area contributed by atoms with Gasteiger partial charge in [-0.3, -0.25) is 4.79 Å². The van der Waals surface area contributed by atoms with Crippen molar-refractivity contribution in [3.8, 4) is 11.5 Å². The predicted octanol–water partition coefficient (Wildman–Crippen LogP) is 2.81. The van der Waals surface area contributed by atoms with E-state index in [1.54, 1.807) is 43.9 Å². The molecule has 132 valence electrons. The summed E-state index contributed by atoms with van der Waals surface area (Å²) in [5.41, 5.74) is 1.95. The summed E-state index contributed by atoms with van der Waals surface area (Å²) >= 11 is 0. The first-order valence-corrected chi connectivity index (χ1v) is 8.27. The van der Waals surface area contributed by atoms with Crippen LogP contribution in [-0.4, -0.2) is 32.1 Å². The summed E-state index contributed by atoms with van der Waals surface area (Å²) in [5, 5.41) is 7.49. The molecular weight excluding hydrogens is 334 g/mol. The van der Waals surface area contributed by atoms with E-state index in [1.165, 1.54) is 0 Å². The van der Waals surface area contributed by atoms with Gasteiger partial charge in [0.05, 0.1) is 29.2 Å². The van der Waals surface area contributed by atoms with Crippen molar-refractivity contribution in [3.05, 3.63) is 54.4 Å². The number of pyridine rings is 1. The summed E-state index contributed by atoms with van der Waals surface area (Å²) in [6.45, 7) is 3.12. The topological polar surface area (TPSA) is 99.0 Å². The molecule has 8 nitrogen and oxygen atoms in total. The van der Waals surface area contributed by atoms with Gasteiger partial charge in [0.1, 0.15) is 5.69 Å². The standard InChI is InChI=1S/C18H17N5O3/c1-12-16-13(17(24)20-5-3-7-23-8-6-19-11-23)10-14(15-4-2-9-25-15)21-18(16)26-22-12/h2,4,6,8-11H,3,5,7H2,1H3,(H,20,24). The van der Waals surface area contributed by atoms with Gasteiger partial charge in [-0.25, -0.2) is 9.97 Å². The molecule has 0 atom stereocenters. The zero-order valence-corrected chi connectivity index (χ0v) is 14.2. The monoisotopic (exact) mass is 351 g/mol. The highest BCUT2D eigenvalue weighted by Gasteiger charge is 2.19. The van der Waals surface area contributed by atoms with Crippen LogP contribution in [0.4, 0.5) is 0 Å². The molecule has 0 unspecified atom stereocenters. The van der Waals surface area contributed by atoms with E-state index in [1.807, 2.05) is 10.8 Å². The average molecular weight is 351 g/mol. The lowest BCUT2D eigenvalue weighted by Crippen LogP contribution is -2.25. The van der Waals surface area contributed by atoms with Crippen LogP contribution in [-0.2, 0) is 6.54 Å². The Bertz CT molecular complexity index is 1020.